The third kappa shape index (κ3) is 15.8. The number of ether oxygens (including phenoxy) is 1. The van der Waals surface area contributed by atoms with E-state index in [-0.39, 0.29) is 25.4 Å². The molecule has 0 heterocycles. The summed E-state index contributed by atoms with van der Waals surface area (Å²) >= 11 is 0. The first kappa shape index (κ1) is 45.6. The summed E-state index contributed by atoms with van der Waals surface area (Å²) in [4.78, 5) is 124. The van der Waals surface area contributed by atoms with Gasteiger partial charge in [-0.3, -0.25) is 47.9 Å². The van der Waals surface area contributed by atoms with E-state index < -0.39 is 114 Å². The zero-order chi connectivity index (χ0) is 40.4. The second kappa shape index (κ2) is 22.5. The standard InChI is InChI=1S/C32H49N7O14/c1-5-12-53-23(45)11-10-19(27(33)47)36-28(48)20(13-22(43)44)37-32(52)26(46)15(2)34-29(49)21(14-40)38-30(50)24(16(3)41)39-31(51)25(35-17(4)42)18-8-6-7-9-18/h5,15-16,18-21,24-25,40-41H,1,6-14H2,2-4H3,(H2,33,47)(H,34,49)(H,35,42)(H,36,48)(H,37,52)(H,38,50)(H,39,51)(H,43,44)/t15-,16+,19-,20-,21-,24-,25-/m0/s1. The van der Waals surface area contributed by atoms with Crippen LogP contribution in [0.15, 0.2) is 12.7 Å². The molecule has 0 aliphatic heterocycles. The molecule has 0 aromatic carbocycles. The van der Waals surface area contributed by atoms with E-state index in [0.717, 1.165) is 19.8 Å². The number of aliphatic hydroxyl groups excluding tert-OH is 2. The Balaban J connectivity index is 2.94. The van der Waals surface area contributed by atoms with E-state index in [9.17, 15) is 63.3 Å². The van der Waals surface area contributed by atoms with Gasteiger partial charge >= 0.3 is 11.9 Å². The minimum absolute atomic E-state index is 0.118. The number of Topliss-reactive ketones (excluding diaryl/α,β-unsaturated/α-hetero) is 1. The van der Waals surface area contributed by atoms with E-state index in [1.54, 1.807) is 0 Å². The Labute approximate surface area is 304 Å². The number of rotatable bonds is 23. The molecule has 1 rings (SSSR count). The molecular weight excluding hydrogens is 706 g/mol. The Bertz CT molecular complexity index is 1400. The molecule has 11 N–H and O–H groups in total. The van der Waals surface area contributed by atoms with Crippen molar-refractivity contribution in [3.63, 3.8) is 0 Å². The summed E-state index contributed by atoms with van der Waals surface area (Å²) in [6.07, 6.45) is 0.937. The van der Waals surface area contributed by atoms with E-state index in [4.69, 9.17) is 10.5 Å². The molecule has 0 aromatic heterocycles. The van der Waals surface area contributed by atoms with Gasteiger partial charge in [0, 0.05) is 13.3 Å². The van der Waals surface area contributed by atoms with E-state index in [1.807, 2.05) is 5.32 Å². The molecule has 0 saturated heterocycles. The molecule has 1 saturated carbocycles. The van der Waals surface area contributed by atoms with Crippen LogP contribution in [0.4, 0.5) is 0 Å². The molecule has 7 atom stereocenters. The maximum absolute atomic E-state index is 13.1. The maximum atomic E-state index is 13.1. The number of carbonyl (C=O) groups is 10. The molecule has 1 fully saturated rings. The number of carbonyl (C=O) groups excluding carboxylic acids is 9. The van der Waals surface area contributed by atoms with Crippen molar-refractivity contribution >= 4 is 59.1 Å². The Morgan fingerprint density at radius 1 is 0.830 bits per heavy atom. The van der Waals surface area contributed by atoms with E-state index in [0.29, 0.717) is 12.8 Å². The number of amides is 7. The Kier molecular flexibility index (Phi) is 19.3. The van der Waals surface area contributed by atoms with Gasteiger partial charge in [-0.25, -0.2) is 0 Å². The molecule has 1 aliphatic carbocycles. The second-order valence-electron chi connectivity index (χ2n) is 12.4. The normalized spacial score (nSPS) is 16.5. The maximum Gasteiger partial charge on any atom is 0.306 e. The zero-order valence-corrected chi connectivity index (χ0v) is 29.7. The monoisotopic (exact) mass is 755 g/mol. The van der Waals surface area contributed by atoms with Gasteiger partial charge in [0.1, 0.15) is 36.8 Å². The van der Waals surface area contributed by atoms with Crippen LogP contribution in [-0.4, -0.2) is 130 Å². The van der Waals surface area contributed by atoms with Crippen LogP contribution in [-0.2, 0) is 52.7 Å². The predicted octanol–water partition coefficient (Wildman–Crippen LogP) is -4.46. The van der Waals surface area contributed by atoms with Crippen LogP contribution in [0.2, 0.25) is 0 Å². The lowest BCUT2D eigenvalue weighted by molar-refractivity contribution is -0.144. The Morgan fingerprint density at radius 3 is 1.92 bits per heavy atom. The second-order valence-corrected chi connectivity index (χ2v) is 12.4. The molecule has 0 spiro atoms. The summed E-state index contributed by atoms with van der Waals surface area (Å²) in [5.74, 6) is -11.4. The summed E-state index contributed by atoms with van der Waals surface area (Å²) in [7, 11) is 0. The van der Waals surface area contributed by atoms with Gasteiger partial charge < -0.3 is 57.7 Å². The molecular formula is C32H49N7O14. The zero-order valence-electron chi connectivity index (χ0n) is 29.7. The third-order valence-corrected chi connectivity index (χ3v) is 8.03. The number of nitrogens with one attached hydrogen (secondary N) is 6. The van der Waals surface area contributed by atoms with Crippen molar-refractivity contribution < 1.29 is 68.0 Å². The summed E-state index contributed by atoms with van der Waals surface area (Å²) in [6, 6.07) is -9.53. The number of nitrogens with two attached hydrogens (primary N) is 1. The SMILES string of the molecule is C=CCOC(=O)CC[C@H](NC(=O)[C@H](CC(=O)O)NC(=O)C(=O)[C@H](C)NC(=O)[C@H](CO)NC(=O)[C@@H](NC(=O)[C@@H](NC(C)=O)C1CCCC1)[C@@H](C)O)C(N)=O. The quantitative estimate of drug-likeness (QED) is 0.0267. The molecule has 7 amide bonds. The molecule has 21 heteroatoms. The minimum Gasteiger partial charge on any atom is -0.481 e. The molecule has 0 unspecified atom stereocenters. The van der Waals surface area contributed by atoms with Crippen molar-refractivity contribution in [3.8, 4) is 0 Å². The first-order valence-corrected chi connectivity index (χ1v) is 16.7. The van der Waals surface area contributed by atoms with Gasteiger partial charge in [0.05, 0.1) is 25.2 Å². The summed E-state index contributed by atoms with van der Waals surface area (Å²) < 4.78 is 4.77. The summed E-state index contributed by atoms with van der Waals surface area (Å²) in [5.41, 5.74) is 5.27. The smallest absolute Gasteiger partial charge is 0.306 e. The fourth-order valence-electron chi connectivity index (χ4n) is 5.24. The highest BCUT2D eigenvalue weighted by Gasteiger charge is 2.37. The summed E-state index contributed by atoms with van der Waals surface area (Å²) in [5, 5.41) is 42.5. The molecule has 1 aliphatic rings. The number of carboxylic acids is 1. The Hall–Kier alpha value is -5.44. The van der Waals surface area contributed by atoms with Gasteiger partial charge in [-0.15, -0.1) is 0 Å². The topological polar surface area (TPSA) is 339 Å². The molecule has 53 heavy (non-hydrogen) atoms. The lowest BCUT2D eigenvalue weighted by Gasteiger charge is -2.28. The van der Waals surface area contributed by atoms with Crippen molar-refractivity contribution in [1.82, 2.24) is 31.9 Å². The predicted molar refractivity (Wildman–Crippen MR) is 181 cm³/mol. The molecule has 0 aromatic rings. The van der Waals surface area contributed by atoms with Gasteiger partial charge in [-0.1, -0.05) is 25.5 Å². The van der Waals surface area contributed by atoms with Crippen LogP contribution < -0.4 is 37.6 Å². The first-order valence-electron chi connectivity index (χ1n) is 16.7. The number of hydrogen-bond acceptors (Lipinski definition) is 13. The van der Waals surface area contributed by atoms with Crippen LogP contribution in [0.3, 0.4) is 0 Å². The molecule has 21 nitrogen and oxygen atoms in total. The first-order chi connectivity index (χ1) is 24.8. The van der Waals surface area contributed by atoms with Gasteiger partial charge in [-0.2, -0.15) is 0 Å². The van der Waals surface area contributed by atoms with Gasteiger partial charge in [0.25, 0.3) is 5.91 Å². The van der Waals surface area contributed by atoms with Crippen LogP contribution in [0.5, 0.6) is 0 Å². The van der Waals surface area contributed by atoms with Crippen LogP contribution in [0.25, 0.3) is 0 Å². The lowest BCUT2D eigenvalue weighted by Crippen LogP contribution is -2.61. The van der Waals surface area contributed by atoms with E-state index >= 15 is 0 Å². The van der Waals surface area contributed by atoms with Gasteiger partial charge in [0.15, 0.2) is 0 Å². The number of aliphatic hydroxyl groups is 2. The highest BCUT2D eigenvalue weighted by atomic mass is 16.5. The van der Waals surface area contributed by atoms with Crippen LogP contribution >= 0.6 is 0 Å². The average molecular weight is 756 g/mol. The fourth-order valence-corrected chi connectivity index (χ4v) is 5.24. The van der Waals surface area contributed by atoms with E-state index in [2.05, 4.69) is 33.2 Å². The van der Waals surface area contributed by atoms with E-state index in [1.165, 1.54) is 19.9 Å². The number of ketones is 1. The number of carboxylic acid groups (broad SMARTS) is 1. The summed E-state index contributed by atoms with van der Waals surface area (Å²) in [6.45, 7) is 5.63. The van der Waals surface area contributed by atoms with Gasteiger partial charge in [0.2, 0.25) is 41.2 Å². The highest BCUT2D eigenvalue weighted by Crippen LogP contribution is 2.28. The average Bonchev–Trinajstić information content (AvgIpc) is 3.62. The van der Waals surface area contributed by atoms with Crippen LogP contribution in [0, 0.1) is 5.92 Å². The Morgan fingerprint density at radius 2 is 1.42 bits per heavy atom. The van der Waals surface area contributed by atoms with Crippen molar-refractivity contribution in [2.75, 3.05) is 13.2 Å². The lowest BCUT2D eigenvalue weighted by atomic mass is 9.96. The minimum atomic E-state index is -1.93. The molecule has 0 radical (unpaired) electrons. The number of aliphatic carboxylic acids is 1. The number of hydrogen-bond donors (Lipinski definition) is 10. The van der Waals surface area contributed by atoms with Crippen molar-refractivity contribution in [2.24, 2.45) is 11.7 Å². The van der Waals surface area contributed by atoms with Gasteiger partial charge in [-0.05, 0) is 39.0 Å². The van der Waals surface area contributed by atoms with Crippen molar-refractivity contribution in [3.05, 3.63) is 12.7 Å². The highest BCUT2D eigenvalue weighted by molar-refractivity contribution is 6.38. The van der Waals surface area contributed by atoms with Crippen molar-refractivity contribution in [2.45, 2.75) is 108 Å². The van der Waals surface area contributed by atoms with Crippen molar-refractivity contribution in [1.29, 1.82) is 0 Å². The fraction of sp³-hybridized carbons (Fsp3) is 0.625. The molecule has 0 bridgehead atoms. The molecule has 296 valence electrons. The largest absolute Gasteiger partial charge is 0.481 e. The number of esters is 1. The van der Waals surface area contributed by atoms with Crippen LogP contribution in [0.1, 0.15) is 65.7 Å². The number of primary amides is 1. The third-order valence-electron chi connectivity index (χ3n) is 8.03.